The largest absolute Gasteiger partial charge is 0.395 e. The highest BCUT2D eigenvalue weighted by Gasteiger charge is 2.40. The second-order valence-electron chi connectivity index (χ2n) is 25.5. The maximum atomic E-state index is 7.89. The molecule has 0 bridgehead atoms. The van der Waals surface area contributed by atoms with Gasteiger partial charge in [0.25, 0.3) is 40.1 Å². The minimum absolute atomic E-state index is 0.600. The van der Waals surface area contributed by atoms with Gasteiger partial charge in [-0.25, -0.2) is 33.2 Å². The molecule has 27 heteroatoms. The fourth-order valence-corrected chi connectivity index (χ4v) is 16.7. The third-order valence-corrected chi connectivity index (χ3v) is 21.0. The van der Waals surface area contributed by atoms with E-state index >= 15 is 0 Å². The van der Waals surface area contributed by atoms with Crippen LogP contribution in [0.25, 0.3) is 145 Å². The SMILES string of the molecule is Cn1c2cccnc2n2c3[n+](cc12)Cc1ncccc1-3.[2H]C([2H])([2H])n1c2cccnc2n2c3[n+](cc12)Cc1ncccc1-3.c1ccc(-n2c3cccnc3n3c4[n+](cc23)Cc2ncccc2-4)cc1.c1cnc2c(c1)-c1oc3nc4cnccn4c3[n+]1C2.c1cnc2c(c1)-c1sc3nc4cnccn4c3[n+]1C2. The van der Waals surface area contributed by atoms with Gasteiger partial charge in [0.2, 0.25) is 27.4 Å². The van der Waals surface area contributed by atoms with Crippen molar-refractivity contribution in [3.8, 4) is 61.9 Å². The van der Waals surface area contributed by atoms with Gasteiger partial charge < -0.3 is 13.6 Å². The predicted molar refractivity (Wildman–Crippen MR) is 379 cm³/mol. The van der Waals surface area contributed by atoms with E-state index in [0.717, 1.165) is 143 Å². The number of fused-ring (bicyclic) bond motifs is 35. The average Bonchev–Trinajstić information content (AvgIpc) is 1.58. The zero-order valence-electron chi connectivity index (χ0n) is 57.5. The van der Waals surface area contributed by atoms with Gasteiger partial charge in [-0.05, 0) is 109 Å². The Kier molecular flexibility index (Phi) is 11.4. The molecule has 26 nitrogen and oxygen atoms in total. The van der Waals surface area contributed by atoms with Crippen LogP contribution in [0.2, 0.25) is 0 Å². The van der Waals surface area contributed by atoms with E-state index in [1.54, 1.807) is 66.8 Å². The zero-order valence-corrected chi connectivity index (χ0v) is 55.3. The maximum absolute atomic E-state index is 7.89. The van der Waals surface area contributed by atoms with Gasteiger partial charge in [0.15, 0.2) is 23.6 Å². The Bertz CT molecular complexity index is 7090. The Morgan fingerprint density at radius 1 is 0.427 bits per heavy atom. The summed E-state index contributed by atoms with van der Waals surface area (Å²) >= 11 is 1.72. The van der Waals surface area contributed by atoms with E-state index in [1.165, 1.54) is 32.1 Å². The molecule has 5 aliphatic heterocycles. The summed E-state index contributed by atoms with van der Waals surface area (Å²) in [4.78, 5) is 54.3. The number of rotatable bonds is 1. The van der Waals surface area contributed by atoms with Crippen molar-refractivity contribution in [1.82, 2.24) is 95.5 Å². The molecule has 103 heavy (non-hydrogen) atoms. The molecule has 0 radical (unpaired) electrons. The van der Waals surface area contributed by atoms with Crippen molar-refractivity contribution in [3.63, 3.8) is 0 Å². The Morgan fingerprint density at radius 3 is 1.48 bits per heavy atom. The lowest BCUT2D eigenvalue weighted by Gasteiger charge is -2.02. The molecule has 20 aromatic heterocycles. The lowest BCUT2D eigenvalue weighted by molar-refractivity contribution is -0.670. The average molecular weight is 1370 g/mol. The van der Waals surface area contributed by atoms with Crippen LogP contribution in [-0.4, -0.2) is 95.5 Å². The number of aryl methyl sites for hydroxylation is 2. The second-order valence-corrected chi connectivity index (χ2v) is 26.5. The second kappa shape index (κ2) is 21.8. The summed E-state index contributed by atoms with van der Waals surface area (Å²) in [5, 5.41) is 1.24. The molecule has 0 N–H and O–H groups in total. The van der Waals surface area contributed by atoms with E-state index in [-0.39, 0.29) is 0 Å². The number of para-hydroxylation sites is 1. The van der Waals surface area contributed by atoms with Crippen molar-refractivity contribution in [1.29, 1.82) is 0 Å². The summed E-state index contributed by atoms with van der Waals surface area (Å²) < 4.78 is 56.8. The van der Waals surface area contributed by atoms with Crippen LogP contribution in [0.3, 0.4) is 0 Å². The molecule has 0 saturated heterocycles. The number of thiazole rings is 1. The van der Waals surface area contributed by atoms with Crippen LogP contribution < -0.4 is 22.8 Å². The van der Waals surface area contributed by atoms with Gasteiger partial charge in [-0.1, -0.05) is 29.5 Å². The van der Waals surface area contributed by atoms with Crippen LogP contribution in [0.4, 0.5) is 0 Å². The zero-order chi connectivity index (χ0) is 70.2. The molecule has 26 rings (SSSR count). The lowest BCUT2D eigenvalue weighted by Crippen LogP contribution is -2.31. The van der Waals surface area contributed by atoms with E-state index in [4.69, 9.17) is 8.53 Å². The molecule has 0 atom stereocenters. The fourth-order valence-electron chi connectivity index (χ4n) is 15.5. The number of pyridine rings is 8. The predicted octanol–water partition coefficient (Wildman–Crippen LogP) is 8.91. The van der Waals surface area contributed by atoms with E-state index < -0.39 is 6.98 Å². The lowest BCUT2D eigenvalue weighted by atomic mass is 10.2. The minimum Gasteiger partial charge on any atom is -0.395 e. The van der Waals surface area contributed by atoms with Gasteiger partial charge in [0.1, 0.15) is 61.7 Å². The number of hydrogen-bond donors (Lipinski definition) is 0. The van der Waals surface area contributed by atoms with Gasteiger partial charge in [-0.15, -0.1) is 0 Å². The van der Waals surface area contributed by atoms with Crippen molar-refractivity contribution in [3.05, 3.63) is 261 Å². The highest BCUT2D eigenvalue weighted by Crippen LogP contribution is 2.37. The number of oxazole rings is 1. The topological polar surface area (TPSA) is 224 Å². The molecule has 0 saturated carbocycles. The van der Waals surface area contributed by atoms with Gasteiger partial charge in [0.05, 0.1) is 81.1 Å². The first-order valence-electron chi connectivity index (χ1n) is 34.9. The summed E-state index contributed by atoms with van der Waals surface area (Å²) in [6.45, 7) is 1.55. The summed E-state index contributed by atoms with van der Waals surface area (Å²) in [7, 11) is 2.08. The molecule has 0 spiro atoms. The Balaban J connectivity index is 0.0000000830. The van der Waals surface area contributed by atoms with E-state index in [2.05, 4.69) is 174 Å². The Labute approximate surface area is 588 Å². The third-order valence-electron chi connectivity index (χ3n) is 19.9. The molecule has 0 amide bonds. The Hall–Kier alpha value is -14.0. The molecule has 5 aliphatic rings. The molecule has 490 valence electrons. The molecular formula is C76H54N25OS+5. The first-order chi connectivity index (χ1) is 52.1. The van der Waals surface area contributed by atoms with E-state index in [9.17, 15) is 0 Å². The van der Waals surface area contributed by atoms with Crippen LogP contribution in [-0.2, 0) is 46.7 Å². The highest BCUT2D eigenvalue weighted by atomic mass is 32.1. The molecule has 21 aromatic rings. The van der Waals surface area contributed by atoms with Crippen molar-refractivity contribution < 1.29 is 31.4 Å². The smallest absolute Gasteiger partial charge is 0.355 e. The van der Waals surface area contributed by atoms with Gasteiger partial charge >= 0.3 is 22.9 Å². The van der Waals surface area contributed by atoms with Gasteiger partial charge in [-0.2, -0.15) is 36.5 Å². The molecule has 0 fully saturated rings. The quantitative estimate of drug-likeness (QED) is 0.140. The van der Waals surface area contributed by atoms with Crippen molar-refractivity contribution in [2.75, 3.05) is 0 Å². The standard InChI is InChI=1S/C20H14N5.2C15H12N5.C13H8N5O.C13H8N5S/c1-2-6-14(7-3-1)24-17-9-5-11-22-19(17)25-18(24)13-23-12-16-15(20(23)25)8-4-10-21-16;2*1-18-12-5-3-7-17-14(12)20-13(18)9-19-8-11-10(15(19)20)4-2-6-16-11;2*1-2-8-9(15-3-1)7-18-12-11(19-13(8)18)16-10-6-14-4-5-17(10)12/h1-11,13H,12H2;2*2-7,9H,8H2,1H3;2*1-6H,7H2/q5*+1/i;1D3;;;. The minimum atomic E-state index is -2.27. The van der Waals surface area contributed by atoms with Crippen molar-refractivity contribution >= 4 is 94.9 Å². The number of benzene rings is 1. The number of imidazole rings is 8. The van der Waals surface area contributed by atoms with Crippen molar-refractivity contribution in [2.24, 2.45) is 14.0 Å². The Morgan fingerprint density at radius 2 is 0.883 bits per heavy atom. The molecule has 1 aromatic carbocycles. The van der Waals surface area contributed by atoms with Gasteiger partial charge in [0, 0.05) is 73.4 Å². The van der Waals surface area contributed by atoms with Crippen LogP contribution in [0.1, 0.15) is 32.6 Å². The number of nitrogens with zero attached hydrogens (tertiary/aromatic N) is 25. The summed E-state index contributed by atoms with van der Waals surface area (Å²) in [5.41, 5.74) is 24.9. The van der Waals surface area contributed by atoms with Crippen LogP contribution in [0, 0.1) is 0 Å². The maximum Gasteiger partial charge on any atom is 0.355 e. The first kappa shape index (κ1) is 54.0. The van der Waals surface area contributed by atoms with Gasteiger partial charge in [-0.3, -0.25) is 39.5 Å². The van der Waals surface area contributed by atoms with E-state index in [0.29, 0.717) is 35.6 Å². The van der Waals surface area contributed by atoms with Crippen LogP contribution >= 0.6 is 11.3 Å². The summed E-state index contributed by atoms with van der Waals surface area (Å²) in [5.74, 6) is 4.07. The first-order valence-corrected chi connectivity index (χ1v) is 34.2. The molecular weight excluding hydrogens is 1310 g/mol. The molecule has 0 aliphatic carbocycles. The summed E-state index contributed by atoms with van der Waals surface area (Å²) in [6.07, 6.45) is 31.7. The van der Waals surface area contributed by atoms with E-state index in [1.807, 2.05) is 124 Å². The van der Waals surface area contributed by atoms with Crippen LogP contribution in [0.5, 0.6) is 0 Å². The van der Waals surface area contributed by atoms with Crippen LogP contribution in [0.15, 0.2) is 237 Å². The molecule has 25 heterocycles. The normalized spacial score (nSPS) is 13.5. The number of hydrogen-bond acceptors (Lipinski definition) is 14. The van der Waals surface area contributed by atoms with Crippen molar-refractivity contribution in [2.45, 2.75) is 32.7 Å². The third kappa shape index (κ3) is 8.31. The monoisotopic (exact) mass is 1370 g/mol. The summed E-state index contributed by atoms with van der Waals surface area (Å²) in [6, 6.07) is 42.4. The number of aromatic nitrogens is 25. The molecule has 0 unspecified atom stereocenters. The highest BCUT2D eigenvalue weighted by molar-refractivity contribution is 7.20. The fraction of sp³-hybridized carbons (Fsp3) is 0.0921.